The maximum atomic E-state index is 12.7. The van der Waals surface area contributed by atoms with Crippen LogP contribution in [0.3, 0.4) is 0 Å². The van der Waals surface area contributed by atoms with Crippen molar-refractivity contribution in [2.75, 3.05) is 23.3 Å². The summed E-state index contributed by atoms with van der Waals surface area (Å²) in [6.07, 6.45) is 2.23. The summed E-state index contributed by atoms with van der Waals surface area (Å²) in [5.41, 5.74) is 4.27. The molecular formula is C20H24N4O2. The van der Waals surface area contributed by atoms with Crippen molar-refractivity contribution in [3.8, 4) is 0 Å². The van der Waals surface area contributed by atoms with Gasteiger partial charge in [-0.2, -0.15) is 0 Å². The van der Waals surface area contributed by atoms with Crippen molar-refractivity contribution in [3.05, 3.63) is 57.0 Å². The number of hydrogen-bond acceptors (Lipinski definition) is 4. The lowest BCUT2D eigenvalue weighted by atomic mass is 9.77. The molecule has 1 aliphatic heterocycles. The van der Waals surface area contributed by atoms with Crippen molar-refractivity contribution >= 4 is 17.3 Å². The second-order valence-corrected chi connectivity index (χ2v) is 6.86. The number of Topliss-reactive ketones (excluding diaryl/α,β-unsaturated/α-hetero) is 1. The molecule has 1 aromatic heterocycles. The van der Waals surface area contributed by atoms with Gasteiger partial charge < -0.3 is 10.2 Å². The van der Waals surface area contributed by atoms with Gasteiger partial charge >= 0.3 is 0 Å². The molecule has 0 saturated heterocycles. The van der Waals surface area contributed by atoms with E-state index < -0.39 is 0 Å². The number of fused-ring (bicyclic) bond motifs is 1. The van der Waals surface area contributed by atoms with E-state index in [0.717, 1.165) is 48.5 Å². The molecule has 1 aromatic carbocycles. The van der Waals surface area contributed by atoms with E-state index in [1.165, 1.54) is 0 Å². The fourth-order valence-electron chi connectivity index (χ4n) is 4.16. The minimum absolute atomic E-state index is 0.141. The Morgan fingerprint density at radius 1 is 1.04 bits per heavy atom. The molecule has 1 aliphatic carbocycles. The normalized spacial score (nSPS) is 19.0. The van der Waals surface area contributed by atoms with Crippen molar-refractivity contribution in [1.82, 2.24) is 10.2 Å². The monoisotopic (exact) mass is 352 g/mol. The predicted octanol–water partition coefficient (Wildman–Crippen LogP) is 3.11. The van der Waals surface area contributed by atoms with Crippen molar-refractivity contribution in [3.63, 3.8) is 0 Å². The van der Waals surface area contributed by atoms with Crippen LogP contribution in [0.4, 0.5) is 11.5 Å². The van der Waals surface area contributed by atoms with Gasteiger partial charge in [-0.1, -0.05) is 12.1 Å². The third kappa shape index (κ3) is 2.57. The highest BCUT2D eigenvalue weighted by Crippen LogP contribution is 2.43. The van der Waals surface area contributed by atoms with Gasteiger partial charge in [-0.3, -0.25) is 19.8 Å². The second kappa shape index (κ2) is 6.52. The van der Waals surface area contributed by atoms with Crippen LogP contribution >= 0.6 is 0 Å². The quantitative estimate of drug-likeness (QED) is 0.790. The molecule has 6 nitrogen and oxygen atoms in total. The van der Waals surface area contributed by atoms with Crippen molar-refractivity contribution in [2.45, 2.75) is 39.0 Å². The topological polar surface area (TPSA) is 81.0 Å². The van der Waals surface area contributed by atoms with E-state index in [4.69, 9.17) is 0 Å². The van der Waals surface area contributed by atoms with Crippen LogP contribution in [0.15, 0.2) is 40.3 Å². The SMILES string of the molecule is CCN(CC)c1ccc(C2C3=C(CCCC3=O)Nc3[nH][nH]c(=O)c32)cc1. The smallest absolute Gasteiger partial charge is 0.270 e. The standard InChI is InChI=1S/C20H24N4O2/c1-3-24(4-2)13-10-8-12(9-11-13)16-17-14(6-5-7-15(17)25)21-19-18(16)20(26)23-22-19/h8-11,16H,3-7H2,1-2H3,(H3,21,22,23,26). The number of nitrogens with zero attached hydrogens (tertiary/aromatic N) is 1. The van der Waals surface area contributed by atoms with Crippen LogP contribution in [0.5, 0.6) is 0 Å². The number of benzene rings is 1. The largest absolute Gasteiger partial charge is 0.372 e. The number of rotatable bonds is 4. The van der Waals surface area contributed by atoms with E-state index in [1.807, 2.05) is 12.1 Å². The highest BCUT2D eigenvalue weighted by Gasteiger charge is 2.37. The molecule has 4 rings (SSSR count). The zero-order valence-electron chi connectivity index (χ0n) is 15.2. The Labute approximate surface area is 152 Å². The summed E-state index contributed by atoms with van der Waals surface area (Å²) in [5, 5.41) is 8.84. The average molecular weight is 352 g/mol. The molecule has 26 heavy (non-hydrogen) atoms. The number of ketones is 1. The molecule has 0 fully saturated rings. The van der Waals surface area contributed by atoms with Crippen molar-refractivity contribution in [2.24, 2.45) is 0 Å². The summed E-state index contributed by atoms with van der Waals surface area (Å²) in [6.45, 7) is 6.15. The van der Waals surface area contributed by atoms with Gasteiger partial charge in [-0.05, 0) is 44.4 Å². The highest BCUT2D eigenvalue weighted by atomic mass is 16.1. The number of hydrogen-bond donors (Lipinski definition) is 3. The van der Waals surface area contributed by atoms with E-state index in [0.29, 0.717) is 17.8 Å². The Balaban J connectivity index is 1.82. The first kappa shape index (κ1) is 16.7. The van der Waals surface area contributed by atoms with Gasteiger partial charge in [0.25, 0.3) is 5.56 Å². The summed E-state index contributed by atoms with van der Waals surface area (Å²) < 4.78 is 0. The molecule has 0 bridgehead atoms. The maximum Gasteiger partial charge on any atom is 0.270 e. The molecule has 3 N–H and O–H groups in total. The van der Waals surface area contributed by atoms with Gasteiger partial charge in [0.05, 0.1) is 5.56 Å². The molecule has 2 heterocycles. The number of H-pyrrole nitrogens is 2. The summed E-state index contributed by atoms with van der Waals surface area (Å²) in [5.74, 6) is 0.513. The minimum atomic E-state index is -0.310. The van der Waals surface area contributed by atoms with Crippen LogP contribution in [-0.4, -0.2) is 29.1 Å². The fraction of sp³-hybridized carbons (Fsp3) is 0.400. The number of aromatic nitrogens is 2. The van der Waals surface area contributed by atoms with Crippen molar-refractivity contribution in [1.29, 1.82) is 0 Å². The molecule has 6 heteroatoms. The van der Waals surface area contributed by atoms with Crippen LogP contribution in [0, 0.1) is 0 Å². The van der Waals surface area contributed by atoms with Crippen LogP contribution in [0.25, 0.3) is 0 Å². The molecule has 0 radical (unpaired) electrons. The van der Waals surface area contributed by atoms with E-state index in [1.54, 1.807) is 0 Å². The van der Waals surface area contributed by atoms with Crippen LogP contribution in [-0.2, 0) is 4.79 Å². The lowest BCUT2D eigenvalue weighted by molar-refractivity contribution is -0.116. The van der Waals surface area contributed by atoms with E-state index in [-0.39, 0.29) is 17.3 Å². The molecule has 2 aliphatic rings. The van der Waals surface area contributed by atoms with Gasteiger partial charge in [0, 0.05) is 42.4 Å². The molecule has 0 saturated carbocycles. The first-order chi connectivity index (χ1) is 12.6. The Morgan fingerprint density at radius 3 is 2.46 bits per heavy atom. The van der Waals surface area contributed by atoms with E-state index in [9.17, 15) is 9.59 Å². The predicted molar refractivity (Wildman–Crippen MR) is 103 cm³/mol. The highest BCUT2D eigenvalue weighted by molar-refractivity contribution is 6.00. The molecule has 1 unspecified atom stereocenters. The Morgan fingerprint density at radius 2 is 1.77 bits per heavy atom. The first-order valence-corrected chi connectivity index (χ1v) is 9.32. The summed E-state index contributed by atoms with van der Waals surface area (Å²) >= 11 is 0. The van der Waals surface area contributed by atoms with E-state index >= 15 is 0 Å². The van der Waals surface area contributed by atoms with E-state index in [2.05, 4.69) is 46.4 Å². The fourth-order valence-corrected chi connectivity index (χ4v) is 4.16. The van der Waals surface area contributed by atoms with Crippen LogP contribution in [0.2, 0.25) is 0 Å². The molecule has 2 aromatic rings. The molecule has 0 spiro atoms. The molecule has 1 atom stereocenters. The third-order valence-corrected chi connectivity index (χ3v) is 5.48. The lowest BCUT2D eigenvalue weighted by Gasteiger charge is -2.31. The summed E-state index contributed by atoms with van der Waals surface area (Å²) in [7, 11) is 0. The average Bonchev–Trinajstić information content (AvgIpc) is 3.03. The number of carbonyl (C=O) groups excluding carboxylic acids is 1. The van der Waals surface area contributed by atoms with Gasteiger partial charge in [0.2, 0.25) is 0 Å². The second-order valence-electron chi connectivity index (χ2n) is 6.86. The lowest BCUT2D eigenvalue weighted by Crippen LogP contribution is -2.29. The number of nitrogens with one attached hydrogen (secondary N) is 3. The summed E-state index contributed by atoms with van der Waals surface area (Å²) in [6, 6.07) is 8.26. The van der Waals surface area contributed by atoms with Gasteiger partial charge in [0.1, 0.15) is 5.82 Å². The minimum Gasteiger partial charge on any atom is -0.372 e. The van der Waals surface area contributed by atoms with Crippen LogP contribution < -0.4 is 15.8 Å². The number of anilines is 2. The van der Waals surface area contributed by atoms with Gasteiger partial charge in [-0.25, -0.2) is 0 Å². The van der Waals surface area contributed by atoms with Gasteiger partial charge in [0.15, 0.2) is 5.78 Å². The number of allylic oxidation sites excluding steroid dienone is 2. The van der Waals surface area contributed by atoms with Crippen molar-refractivity contribution < 1.29 is 4.79 Å². The maximum absolute atomic E-state index is 12.7. The Bertz CT molecular complexity index is 916. The Hall–Kier alpha value is -2.76. The Kier molecular flexibility index (Phi) is 4.18. The molecule has 136 valence electrons. The number of carbonyl (C=O) groups is 1. The molecular weight excluding hydrogens is 328 g/mol. The molecule has 0 amide bonds. The van der Waals surface area contributed by atoms with Gasteiger partial charge in [-0.15, -0.1) is 0 Å². The first-order valence-electron chi connectivity index (χ1n) is 9.32. The van der Waals surface area contributed by atoms with Crippen LogP contribution in [0.1, 0.15) is 50.2 Å². The third-order valence-electron chi connectivity index (χ3n) is 5.48. The summed E-state index contributed by atoms with van der Waals surface area (Å²) in [4.78, 5) is 27.4. The number of aromatic amines is 2. The zero-order chi connectivity index (χ0) is 18.3. The zero-order valence-corrected chi connectivity index (χ0v) is 15.2.